The first kappa shape index (κ1) is 18.7. The maximum absolute atomic E-state index is 13.4. The zero-order valence-electron chi connectivity index (χ0n) is 14.9. The molecule has 0 aromatic heterocycles. The highest BCUT2D eigenvalue weighted by Gasteiger charge is 2.21. The van der Waals surface area contributed by atoms with Crippen LogP contribution < -0.4 is 10.6 Å². The molecule has 1 aliphatic heterocycles. The quantitative estimate of drug-likeness (QED) is 0.612. The minimum atomic E-state index is -0.200. The van der Waals surface area contributed by atoms with Crippen molar-refractivity contribution in [2.75, 3.05) is 53.0 Å². The number of halogens is 1. The zero-order chi connectivity index (χ0) is 17.4. The number of ether oxygens (including phenoxy) is 1. The molecule has 0 amide bonds. The van der Waals surface area contributed by atoms with Gasteiger partial charge < -0.3 is 15.4 Å². The van der Waals surface area contributed by atoms with E-state index in [1.807, 2.05) is 6.07 Å². The van der Waals surface area contributed by atoms with Gasteiger partial charge >= 0.3 is 0 Å². The Morgan fingerprint density at radius 2 is 2.04 bits per heavy atom. The molecule has 1 fully saturated rings. The molecule has 0 radical (unpaired) electrons. The van der Waals surface area contributed by atoms with Gasteiger partial charge in [0.1, 0.15) is 5.82 Å². The molecule has 1 aromatic carbocycles. The molecule has 0 bridgehead atoms. The lowest BCUT2D eigenvalue weighted by Crippen LogP contribution is -2.46. The van der Waals surface area contributed by atoms with Gasteiger partial charge in [-0.1, -0.05) is 26.0 Å². The number of nitrogens with zero attached hydrogens (tertiary/aromatic N) is 2. The standard InChI is InChI=1S/C18H29FN4O/c1-18(2,15-5-4-6-16(19)13-15)14-22-17(20-3)21-7-8-23-9-11-24-12-10-23/h4-6,13H,7-12,14H2,1-3H3,(H2,20,21,22). The van der Waals surface area contributed by atoms with Crippen LogP contribution in [-0.2, 0) is 10.2 Å². The van der Waals surface area contributed by atoms with Gasteiger partial charge in [-0.2, -0.15) is 0 Å². The Morgan fingerprint density at radius 1 is 1.29 bits per heavy atom. The molecule has 2 rings (SSSR count). The van der Waals surface area contributed by atoms with Crippen LogP contribution in [0.2, 0.25) is 0 Å². The molecule has 0 aliphatic carbocycles. The lowest BCUT2D eigenvalue weighted by atomic mass is 9.84. The molecule has 0 unspecified atom stereocenters. The molecular formula is C18H29FN4O. The number of guanidine groups is 1. The van der Waals surface area contributed by atoms with Crippen molar-refractivity contribution in [3.8, 4) is 0 Å². The van der Waals surface area contributed by atoms with Crippen molar-refractivity contribution in [3.63, 3.8) is 0 Å². The second kappa shape index (κ2) is 8.99. The number of benzene rings is 1. The summed E-state index contributed by atoms with van der Waals surface area (Å²) in [6.45, 7) is 10.3. The molecule has 1 aromatic rings. The van der Waals surface area contributed by atoms with Gasteiger partial charge in [0.25, 0.3) is 0 Å². The Morgan fingerprint density at radius 3 is 2.71 bits per heavy atom. The van der Waals surface area contributed by atoms with Crippen LogP contribution in [0.3, 0.4) is 0 Å². The van der Waals surface area contributed by atoms with Gasteiger partial charge in [0.2, 0.25) is 0 Å². The van der Waals surface area contributed by atoms with E-state index in [4.69, 9.17) is 4.74 Å². The summed E-state index contributed by atoms with van der Waals surface area (Å²) in [6, 6.07) is 6.77. The summed E-state index contributed by atoms with van der Waals surface area (Å²) in [7, 11) is 1.76. The van der Waals surface area contributed by atoms with E-state index < -0.39 is 0 Å². The Kier molecular flexibility index (Phi) is 6.99. The summed E-state index contributed by atoms with van der Waals surface area (Å²) in [5.41, 5.74) is 0.781. The minimum absolute atomic E-state index is 0.191. The van der Waals surface area contributed by atoms with Crippen molar-refractivity contribution in [2.24, 2.45) is 4.99 Å². The van der Waals surface area contributed by atoms with Gasteiger partial charge in [-0.3, -0.25) is 9.89 Å². The van der Waals surface area contributed by atoms with E-state index in [2.05, 4.69) is 34.4 Å². The number of hydrogen-bond donors (Lipinski definition) is 2. The first-order valence-corrected chi connectivity index (χ1v) is 8.52. The largest absolute Gasteiger partial charge is 0.379 e. The molecule has 1 heterocycles. The van der Waals surface area contributed by atoms with Crippen LogP contribution in [-0.4, -0.2) is 63.8 Å². The first-order chi connectivity index (χ1) is 11.5. The minimum Gasteiger partial charge on any atom is -0.379 e. The maximum Gasteiger partial charge on any atom is 0.191 e. The van der Waals surface area contributed by atoms with Crippen LogP contribution >= 0.6 is 0 Å². The van der Waals surface area contributed by atoms with E-state index in [-0.39, 0.29) is 11.2 Å². The van der Waals surface area contributed by atoms with Gasteiger partial charge in [0, 0.05) is 45.2 Å². The average Bonchev–Trinajstić information content (AvgIpc) is 2.59. The molecule has 0 atom stereocenters. The van der Waals surface area contributed by atoms with Crippen LogP contribution in [0.5, 0.6) is 0 Å². The number of nitrogens with one attached hydrogen (secondary N) is 2. The molecule has 2 N–H and O–H groups in total. The van der Waals surface area contributed by atoms with Crippen LogP contribution in [0.1, 0.15) is 19.4 Å². The fraction of sp³-hybridized carbons (Fsp3) is 0.611. The lowest BCUT2D eigenvalue weighted by molar-refractivity contribution is 0.0389. The summed E-state index contributed by atoms with van der Waals surface area (Å²) < 4.78 is 18.8. The van der Waals surface area contributed by atoms with Crippen molar-refractivity contribution < 1.29 is 9.13 Å². The fourth-order valence-corrected chi connectivity index (χ4v) is 2.69. The molecule has 1 saturated heterocycles. The van der Waals surface area contributed by atoms with Crippen LogP contribution in [0.4, 0.5) is 4.39 Å². The number of morpholine rings is 1. The normalized spacial score (nSPS) is 16.9. The van der Waals surface area contributed by atoms with Gasteiger partial charge in [-0.25, -0.2) is 4.39 Å². The second-order valence-electron chi connectivity index (χ2n) is 6.70. The summed E-state index contributed by atoms with van der Waals surface area (Å²) in [6.07, 6.45) is 0. The van der Waals surface area contributed by atoms with Crippen molar-refractivity contribution in [2.45, 2.75) is 19.3 Å². The Labute approximate surface area is 144 Å². The Balaban J connectivity index is 1.77. The Hall–Kier alpha value is -1.66. The van der Waals surface area contributed by atoms with E-state index in [0.717, 1.165) is 50.9 Å². The predicted molar refractivity (Wildman–Crippen MR) is 96.0 cm³/mol. The molecule has 134 valence electrons. The van der Waals surface area contributed by atoms with Crippen molar-refractivity contribution in [3.05, 3.63) is 35.6 Å². The predicted octanol–water partition coefficient (Wildman–Crippen LogP) is 1.60. The van der Waals surface area contributed by atoms with Crippen LogP contribution in [0.25, 0.3) is 0 Å². The fourth-order valence-electron chi connectivity index (χ4n) is 2.69. The van der Waals surface area contributed by atoms with Crippen LogP contribution in [0.15, 0.2) is 29.3 Å². The van der Waals surface area contributed by atoms with Gasteiger partial charge in [-0.15, -0.1) is 0 Å². The molecule has 0 saturated carbocycles. The highest BCUT2D eigenvalue weighted by atomic mass is 19.1. The van der Waals surface area contributed by atoms with Gasteiger partial charge in [0.15, 0.2) is 5.96 Å². The monoisotopic (exact) mass is 336 g/mol. The first-order valence-electron chi connectivity index (χ1n) is 8.52. The van der Waals surface area contributed by atoms with Gasteiger partial charge in [0.05, 0.1) is 13.2 Å². The van der Waals surface area contributed by atoms with Crippen LogP contribution in [0, 0.1) is 5.82 Å². The van der Waals surface area contributed by atoms with E-state index in [1.165, 1.54) is 6.07 Å². The summed E-state index contributed by atoms with van der Waals surface area (Å²) in [4.78, 5) is 6.64. The van der Waals surface area contributed by atoms with Crippen molar-refractivity contribution in [1.82, 2.24) is 15.5 Å². The summed E-state index contributed by atoms with van der Waals surface area (Å²) in [5.74, 6) is 0.571. The van der Waals surface area contributed by atoms with Crippen molar-refractivity contribution in [1.29, 1.82) is 0 Å². The zero-order valence-corrected chi connectivity index (χ0v) is 14.9. The topological polar surface area (TPSA) is 48.9 Å². The second-order valence-corrected chi connectivity index (χ2v) is 6.70. The molecule has 0 spiro atoms. The number of rotatable bonds is 6. The molecule has 24 heavy (non-hydrogen) atoms. The molecule has 6 heteroatoms. The van der Waals surface area contributed by atoms with Gasteiger partial charge in [-0.05, 0) is 17.7 Å². The third-order valence-corrected chi connectivity index (χ3v) is 4.35. The smallest absolute Gasteiger partial charge is 0.191 e. The maximum atomic E-state index is 13.4. The van der Waals surface area contributed by atoms with E-state index >= 15 is 0 Å². The summed E-state index contributed by atoms with van der Waals surface area (Å²) >= 11 is 0. The number of hydrogen-bond acceptors (Lipinski definition) is 3. The third-order valence-electron chi connectivity index (χ3n) is 4.35. The molecular weight excluding hydrogens is 307 g/mol. The van der Waals surface area contributed by atoms with E-state index in [9.17, 15) is 4.39 Å². The molecule has 1 aliphatic rings. The Bertz CT molecular complexity index is 542. The average molecular weight is 336 g/mol. The van der Waals surface area contributed by atoms with E-state index in [0.29, 0.717) is 6.54 Å². The SMILES string of the molecule is CN=C(NCCN1CCOCC1)NCC(C)(C)c1cccc(F)c1. The number of aliphatic imine (C=N–C) groups is 1. The third kappa shape index (κ3) is 5.76. The highest BCUT2D eigenvalue weighted by Crippen LogP contribution is 2.22. The molecule has 5 nitrogen and oxygen atoms in total. The van der Waals surface area contributed by atoms with Crippen molar-refractivity contribution >= 4 is 5.96 Å². The summed E-state index contributed by atoms with van der Waals surface area (Å²) in [5, 5.41) is 6.67. The lowest BCUT2D eigenvalue weighted by Gasteiger charge is -2.28. The van der Waals surface area contributed by atoms with E-state index in [1.54, 1.807) is 19.2 Å². The highest BCUT2D eigenvalue weighted by molar-refractivity contribution is 5.79.